The van der Waals surface area contributed by atoms with Crippen LogP contribution >= 0.6 is 0 Å². The number of aromatic nitrogens is 1. The van der Waals surface area contributed by atoms with Crippen molar-refractivity contribution in [3.05, 3.63) is 36.0 Å². The number of amides is 2. The van der Waals surface area contributed by atoms with E-state index in [-0.39, 0.29) is 11.9 Å². The summed E-state index contributed by atoms with van der Waals surface area (Å²) in [6.45, 7) is 5.75. The van der Waals surface area contributed by atoms with E-state index in [1.54, 1.807) is 6.92 Å². The predicted octanol–water partition coefficient (Wildman–Crippen LogP) is 2.69. The van der Waals surface area contributed by atoms with Crippen LogP contribution in [0.3, 0.4) is 0 Å². The number of ether oxygens (including phenoxy) is 1. The Balaban J connectivity index is 1.66. The maximum absolute atomic E-state index is 12.8. The molecule has 2 heterocycles. The Hall–Kier alpha value is -2.50. The average molecular weight is 343 g/mol. The van der Waals surface area contributed by atoms with Gasteiger partial charge < -0.3 is 19.5 Å². The van der Waals surface area contributed by atoms with E-state index < -0.39 is 6.09 Å². The van der Waals surface area contributed by atoms with Gasteiger partial charge in [0.2, 0.25) is 5.91 Å². The first kappa shape index (κ1) is 17.3. The number of aryl methyl sites for hydroxylation is 1. The summed E-state index contributed by atoms with van der Waals surface area (Å²) < 4.78 is 6.99. The number of fused-ring (bicyclic) bond motifs is 1. The predicted molar refractivity (Wildman–Crippen MR) is 96.4 cm³/mol. The Morgan fingerprint density at radius 2 is 2.12 bits per heavy atom. The van der Waals surface area contributed by atoms with Gasteiger partial charge >= 0.3 is 6.09 Å². The molecule has 0 bridgehead atoms. The highest BCUT2D eigenvalue weighted by molar-refractivity contribution is 5.84. The second-order valence-corrected chi connectivity index (χ2v) is 6.47. The fourth-order valence-electron chi connectivity index (χ4n) is 3.45. The molecule has 6 nitrogen and oxygen atoms in total. The van der Waals surface area contributed by atoms with Gasteiger partial charge in [0.25, 0.3) is 0 Å². The van der Waals surface area contributed by atoms with Crippen LogP contribution in [0.5, 0.6) is 0 Å². The average Bonchev–Trinajstić information content (AvgIpc) is 2.91. The summed E-state index contributed by atoms with van der Waals surface area (Å²) in [4.78, 5) is 26.2. The standard InChI is InChI=1S/C19H25N3O3/c1-3-25-19(24)20-16-8-6-10-21(12-16)18(23)13-22-14(2)11-15-7-4-5-9-17(15)22/h4-5,7,9,11,16H,3,6,8,10,12-13H2,1-2H3,(H,20,24). The molecule has 6 heteroatoms. The van der Waals surface area contributed by atoms with Crippen LogP contribution in [-0.4, -0.2) is 47.2 Å². The lowest BCUT2D eigenvalue weighted by atomic mass is 10.1. The number of hydrogen-bond acceptors (Lipinski definition) is 3. The first-order chi connectivity index (χ1) is 12.1. The fourth-order valence-corrected chi connectivity index (χ4v) is 3.45. The minimum absolute atomic E-state index is 0.0424. The zero-order valence-corrected chi connectivity index (χ0v) is 14.8. The first-order valence-corrected chi connectivity index (χ1v) is 8.84. The Labute approximate surface area is 147 Å². The van der Waals surface area contributed by atoms with Crippen LogP contribution in [0.1, 0.15) is 25.5 Å². The molecule has 134 valence electrons. The van der Waals surface area contributed by atoms with Crippen molar-refractivity contribution in [1.82, 2.24) is 14.8 Å². The van der Waals surface area contributed by atoms with Gasteiger partial charge in [-0.25, -0.2) is 4.79 Å². The summed E-state index contributed by atoms with van der Waals surface area (Å²) in [5.74, 6) is 0.0832. The summed E-state index contributed by atoms with van der Waals surface area (Å²) in [6, 6.07) is 10.1. The second kappa shape index (κ2) is 7.59. The molecule has 2 amide bonds. The lowest BCUT2D eigenvalue weighted by Crippen LogP contribution is -2.50. The highest BCUT2D eigenvalue weighted by Gasteiger charge is 2.25. The van der Waals surface area contributed by atoms with E-state index in [1.165, 1.54) is 0 Å². The molecular formula is C19H25N3O3. The second-order valence-electron chi connectivity index (χ2n) is 6.47. The van der Waals surface area contributed by atoms with Crippen molar-refractivity contribution in [1.29, 1.82) is 0 Å². The first-order valence-electron chi connectivity index (χ1n) is 8.84. The van der Waals surface area contributed by atoms with Crippen molar-refractivity contribution in [3.8, 4) is 0 Å². The summed E-state index contributed by atoms with van der Waals surface area (Å²) in [7, 11) is 0. The smallest absolute Gasteiger partial charge is 0.407 e. The van der Waals surface area contributed by atoms with E-state index in [9.17, 15) is 9.59 Å². The van der Waals surface area contributed by atoms with Crippen molar-refractivity contribution >= 4 is 22.9 Å². The maximum Gasteiger partial charge on any atom is 0.407 e. The van der Waals surface area contributed by atoms with Gasteiger partial charge in [-0.1, -0.05) is 18.2 Å². The molecule has 0 radical (unpaired) electrons. The minimum Gasteiger partial charge on any atom is -0.450 e. The van der Waals surface area contributed by atoms with Gasteiger partial charge in [0.05, 0.1) is 6.61 Å². The molecule has 0 saturated carbocycles. The monoisotopic (exact) mass is 343 g/mol. The number of rotatable bonds is 4. The molecule has 1 N–H and O–H groups in total. The van der Waals surface area contributed by atoms with Gasteiger partial charge in [0.1, 0.15) is 6.54 Å². The quantitative estimate of drug-likeness (QED) is 0.928. The molecular weight excluding hydrogens is 318 g/mol. The third kappa shape index (κ3) is 3.95. The van der Waals surface area contributed by atoms with E-state index in [0.717, 1.165) is 36.0 Å². The normalized spacial score (nSPS) is 17.5. The van der Waals surface area contributed by atoms with Crippen molar-refractivity contribution in [2.75, 3.05) is 19.7 Å². The van der Waals surface area contributed by atoms with Gasteiger partial charge in [0, 0.05) is 30.3 Å². The van der Waals surface area contributed by atoms with Gasteiger partial charge in [-0.3, -0.25) is 4.79 Å². The third-order valence-corrected chi connectivity index (χ3v) is 4.68. The number of nitrogens with one attached hydrogen (secondary N) is 1. The lowest BCUT2D eigenvalue weighted by molar-refractivity contribution is -0.133. The van der Waals surface area contributed by atoms with E-state index in [0.29, 0.717) is 19.7 Å². The Bertz CT molecular complexity index is 768. The molecule has 1 aliphatic rings. The summed E-state index contributed by atoms with van der Waals surface area (Å²) >= 11 is 0. The minimum atomic E-state index is -0.408. The number of nitrogens with zero attached hydrogens (tertiary/aromatic N) is 2. The maximum atomic E-state index is 12.8. The van der Waals surface area contributed by atoms with Gasteiger partial charge in [-0.15, -0.1) is 0 Å². The number of hydrogen-bond donors (Lipinski definition) is 1. The Morgan fingerprint density at radius 1 is 1.32 bits per heavy atom. The van der Waals surface area contributed by atoms with Crippen LogP contribution in [0.15, 0.2) is 30.3 Å². The number of benzene rings is 1. The van der Waals surface area contributed by atoms with Crippen LogP contribution in [0.2, 0.25) is 0 Å². The molecule has 1 aromatic heterocycles. The number of alkyl carbamates (subject to hydrolysis) is 1. The zero-order valence-electron chi connectivity index (χ0n) is 14.8. The zero-order chi connectivity index (χ0) is 17.8. The fraction of sp³-hybridized carbons (Fsp3) is 0.474. The van der Waals surface area contributed by atoms with Gasteiger partial charge in [-0.2, -0.15) is 0 Å². The Kier molecular flexibility index (Phi) is 5.26. The molecule has 1 unspecified atom stereocenters. The molecule has 1 aromatic carbocycles. The summed E-state index contributed by atoms with van der Waals surface area (Å²) in [5, 5.41) is 3.99. The number of piperidine rings is 1. The number of carbonyl (C=O) groups excluding carboxylic acids is 2. The molecule has 0 spiro atoms. The van der Waals surface area contributed by atoms with Crippen molar-refractivity contribution in [2.24, 2.45) is 0 Å². The molecule has 2 aromatic rings. The molecule has 1 fully saturated rings. The molecule has 25 heavy (non-hydrogen) atoms. The van der Waals surface area contributed by atoms with E-state index >= 15 is 0 Å². The molecule has 0 aliphatic carbocycles. The van der Waals surface area contributed by atoms with Crippen LogP contribution in [0.4, 0.5) is 4.79 Å². The third-order valence-electron chi connectivity index (χ3n) is 4.68. The highest BCUT2D eigenvalue weighted by Crippen LogP contribution is 2.20. The number of likely N-dealkylation sites (tertiary alicyclic amines) is 1. The molecule has 1 aliphatic heterocycles. The van der Waals surface area contributed by atoms with Crippen LogP contribution < -0.4 is 5.32 Å². The Morgan fingerprint density at radius 3 is 2.92 bits per heavy atom. The molecule has 3 rings (SSSR count). The largest absolute Gasteiger partial charge is 0.450 e. The van der Waals surface area contributed by atoms with E-state index in [1.807, 2.05) is 30.0 Å². The van der Waals surface area contributed by atoms with Crippen LogP contribution in [0.25, 0.3) is 10.9 Å². The summed E-state index contributed by atoms with van der Waals surface area (Å²) in [6.07, 6.45) is 1.34. The van der Waals surface area contributed by atoms with Crippen molar-refractivity contribution < 1.29 is 14.3 Å². The van der Waals surface area contributed by atoms with Crippen LogP contribution in [0, 0.1) is 6.92 Å². The highest BCUT2D eigenvalue weighted by atomic mass is 16.5. The SMILES string of the molecule is CCOC(=O)NC1CCCN(C(=O)Cn2c(C)cc3ccccc32)C1. The van der Waals surface area contributed by atoms with E-state index in [4.69, 9.17) is 4.74 Å². The molecule has 1 atom stereocenters. The summed E-state index contributed by atoms with van der Waals surface area (Å²) in [5.41, 5.74) is 2.15. The number of carbonyl (C=O) groups is 2. The molecule has 1 saturated heterocycles. The van der Waals surface area contributed by atoms with Crippen LogP contribution in [-0.2, 0) is 16.1 Å². The van der Waals surface area contributed by atoms with Gasteiger partial charge in [-0.05, 0) is 44.2 Å². The van der Waals surface area contributed by atoms with E-state index in [2.05, 4.69) is 22.0 Å². The van der Waals surface area contributed by atoms with Crippen molar-refractivity contribution in [2.45, 2.75) is 39.3 Å². The topological polar surface area (TPSA) is 63.6 Å². The van der Waals surface area contributed by atoms with Crippen molar-refractivity contribution in [3.63, 3.8) is 0 Å². The number of para-hydroxylation sites is 1. The lowest BCUT2D eigenvalue weighted by Gasteiger charge is -2.33. The van der Waals surface area contributed by atoms with Gasteiger partial charge in [0.15, 0.2) is 0 Å².